The first kappa shape index (κ1) is 22.7. The summed E-state index contributed by atoms with van der Waals surface area (Å²) in [5.74, 6) is 2.27. The maximum absolute atomic E-state index is 6.45. The molecule has 5 rings (SSSR count). The molecule has 0 aromatic heterocycles. The minimum atomic E-state index is 0.536. The normalized spacial score (nSPS) is 10.7. The summed E-state index contributed by atoms with van der Waals surface area (Å²) in [6.07, 6.45) is 0. The highest BCUT2D eigenvalue weighted by Crippen LogP contribution is 2.39. The zero-order valence-corrected chi connectivity index (χ0v) is 19.5. The molecule has 0 atom stereocenters. The van der Waals surface area contributed by atoms with Crippen molar-refractivity contribution in [3.05, 3.63) is 109 Å². The number of nitrogen functional groups attached to an aromatic ring is 4. The number of hydrogen-bond donors (Lipinski definition) is 4. The van der Waals surface area contributed by atoms with Crippen molar-refractivity contribution in [2.45, 2.75) is 0 Å². The van der Waals surface area contributed by atoms with E-state index in [9.17, 15) is 0 Å². The van der Waals surface area contributed by atoms with E-state index in [0.29, 0.717) is 45.7 Å². The molecule has 0 aliphatic carbocycles. The molecule has 5 aromatic rings. The van der Waals surface area contributed by atoms with E-state index in [1.165, 1.54) is 0 Å². The summed E-state index contributed by atoms with van der Waals surface area (Å²) in [5.41, 5.74) is 30.7. The van der Waals surface area contributed by atoms with Gasteiger partial charge in [-0.2, -0.15) is 0 Å². The van der Waals surface area contributed by atoms with Crippen LogP contribution in [0.2, 0.25) is 0 Å². The van der Waals surface area contributed by atoms with Crippen molar-refractivity contribution in [1.82, 2.24) is 0 Å². The lowest BCUT2D eigenvalue weighted by atomic mass is 10.0. The van der Waals surface area contributed by atoms with Crippen LogP contribution >= 0.6 is 0 Å². The van der Waals surface area contributed by atoms with Crippen LogP contribution in [0.15, 0.2) is 109 Å². The van der Waals surface area contributed by atoms with E-state index in [1.807, 2.05) is 103 Å². The molecule has 8 N–H and O–H groups in total. The highest BCUT2D eigenvalue weighted by molar-refractivity contribution is 5.82. The molecule has 5 aromatic carbocycles. The van der Waals surface area contributed by atoms with Gasteiger partial charge in [-0.15, -0.1) is 0 Å². The molecule has 0 fully saturated rings. The van der Waals surface area contributed by atoms with Crippen molar-refractivity contribution in [1.29, 1.82) is 0 Å². The van der Waals surface area contributed by atoms with Gasteiger partial charge in [0.25, 0.3) is 0 Å². The van der Waals surface area contributed by atoms with E-state index in [4.69, 9.17) is 32.4 Å². The van der Waals surface area contributed by atoms with Gasteiger partial charge in [0, 0.05) is 28.6 Å². The quantitative estimate of drug-likeness (QED) is 0.198. The molecule has 0 spiro atoms. The Morgan fingerprint density at radius 1 is 0.417 bits per heavy atom. The molecule has 178 valence electrons. The summed E-state index contributed by atoms with van der Waals surface area (Å²) < 4.78 is 12.3. The van der Waals surface area contributed by atoms with Crippen LogP contribution in [-0.4, -0.2) is 0 Å². The topological polar surface area (TPSA) is 123 Å². The number of nitrogens with two attached hydrogens (primary N) is 4. The Bertz CT molecular complexity index is 1400. The van der Waals surface area contributed by atoms with E-state index < -0.39 is 0 Å². The van der Waals surface area contributed by atoms with Gasteiger partial charge in [-0.3, -0.25) is 0 Å². The Morgan fingerprint density at radius 2 is 0.806 bits per heavy atom. The Morgan fingerprint density at radius 3 is 1.22 bits per heavy atom. The maximum Gasteiger partial charge on any atom is 0.150 e. The standard InChI is InChI=1S/C30H26N4O2/c31-21-14-10-19(11-15-21)25-6-2-8-27(29(25)33)35-23-4-1-5-24(18-23)36-28-9-3-7-26(30(28)34)20-12-16-22(32)17-13-20/h1-18H,31-34H2. The van der Waals surface area contributed by atoms with Gasteiger partial charge in [0.05, 0.1) is 11.4 Å². The summed E-state index contributed by atoms with van der Waals surface area (Å²) in [4.78, 5) is 0. The van der Waals surface area contributed by atoms with E-state index in [2.05, 4.69) is 0 Å². The van der Waals surface area contributed by atoms with E-state index in [-0.39, 0.29) is 0 Å². The number of rotatable bonds is 6. The highest BCUT2D eigenvalue weighted by Gasteiger charge is 2.12. The van der Waals surface area contributed by atoms with Gasteiger partial charge in [-0.25, -0.2) is 0 Å². The third-order valence-electron chi connectivity index (χ3n) is 5.84. The summed E-state index contributed by atoms with van der Waals surface area (Å²) in [6, 6.07) is 33.8. The van der Waals surface area contributed by atoms with Crippen LogP contribution in [0.3, 0.4) is 0 Å². The molecule has 0 unspecified atom stereocenters. The van der Waals surface area contributed by atoms with Crippen molar-refractivity contribution < 1.29 is 9.47 Å². The van der Waals surface area contributed by atoms with Crippen LogP contribution in [-0.2, 0) is 0 Å². The average molecular weight is 475 g/mol. The minimum Gasteiger partial charge on any atom is -0.455 e. The van der Waals surface area contributed by atoms with Gasteiger partial charge < -0.3 is 32.4 Å². The highest BCUT2D eigenvalue weighted by atomic mass is 16.5. The molecule has 0 amide bonds. The van der Waals surface area contributed by atoms with Crippen LogP contribution in [0, 0.1) is 0 Å². The fourth-order valence-electron chi connectivity index (χ4n) is 3.95. The van der Waals surface area contributed by atoms with Crippen LogP contribution < -0.4 is 32.4 Å². The number of hydrogen-bond acceptors (Lipinski definition) is 6. The van der Waals surface area contributed by atoms with Crippen LogP contribution in [0.1, 0.15) is 0 Å². The predicted molar refractivity (Wildman–Crippen MR) is 148 cm³/mol. The molecule has 6 nitrogen and oxygen atoms in total. The van der Waals surface area contributed by atoms with Gasteiger partial charge >= 0.3 is 0 Å². The lowest BCUT2D eigenvalue weighted by Crippen LogP contribution is -1.97. The van der Waals surface area contributed by atoms with Crippen LogP contribution in [0.4, 0.5) is 22.7 Å². The fourth-order valence-corrected chi connectivity index (χ4v) is 3.95. The zero-order chi connectivity index (χ0) is 25.1. The van der Waals surface area contributed by atoms with Gasteiger partial charge in [0.1, 0.15) is 11.5 Å². The predicted octanol–water partition coefficient (Wildman–Crippen LogP) is 6.93. The molecule has 0 aliphatic heterocycles. The molecule has 0 aliphatic rings. The Hall–Kier alpha value is -5.10. The summed E-state index contributed by atoms with van der Waals surface area (Å²) in [6.45, 7) is 0. The molecule has 0 bridgehead atoms. The van der Waals surface area contributed by atoms with Crippen molar-refractivity contribution >= 4 is 22.7 Å². The van der Waals surface area contributed by atoms with Gasteiger partial charge in [-0.05, 0) is 59.7 Å². The summed E-state index contributed by atoms with van der Waals surface area (Å²) in [5, 5.41) is 0. The Kier molecular flexibility index (Phi) is 6.07. The molecule has 6 heteroatoms. The van der Waals surface area contributed by atoms with Crippen molar-refractivity contribution in [3.8, 4) is 45.3 Å². The smallest absolute Gasteiger partial charge is 0.150 e. The molecule has 0 saturated heterocycles. The lowest BCUT2D eigenvalue weighted by molar-refractivity contribution is 0.463. The van der Waals surface area contributed by atoms with E-state index in [0.717, 1.165) is 22.3 Å². The molecule has 0 radical (unpaired) electrons. The molecule has 0 heterocycles. The van der Waals surface area contributed by atoms with Crippen LogP contribution in [0.5, 0.6) is 23.0 Å². The number of ether oxygens (including phenoxy) is 2. The third-order valence-corrected chi connectivity index (χ3v) is 5.84. The van der Waals surface area contributed by atoms with E-state index in [1.54, 1.807) is 6.07 Å². The summed E-state index contributed by atoms with van der Waals surface area (Å²) in [7, 11) is 0. The van der Waals surface area contributed by atoms with Crippen molar-refractivity contribution in [2.24, 2.45) is 0 Å². The van der Waals surface area contributed by atoms with Gasteiger partial charge in [0.2, 0.25) is 0 Å². The largest absolute Gasteiger partial charge is 0.455 e. The molecule has 36 heavy (non-hydrogen) atoms. The number of benzene rings is 5. The van der Waals surface area contributed by atoms with E-state index >= 15 is 0 Å². The van der Waals surface area contributed by atoms with Gasteiger partial charge in [-0.1, -0.05) is 54.6 Å². The first-order valence-corrected chi connectivity index (χ1v) is 11.4. The van der Waals surface area contributed by atoms with Crippen molar-refractivity contribution in [2.75, 3.05) is 22.9 Å². The Balaban J connectivity index is 1.39. The fraction of sp³-hybridized carbons (Fsp3) is 0. The zero-order valence-electron chi connectivity index (χ0n) is 19.5. The number of anilines is 4. The van der Waals surface area contributed by atoms with Gasteiger partial charge in [0.15, 0.2) is 11.5 Å². The second-order valence-corrected chi connectivity index (χ2v) is 8.36. The maximum atomic E-state index is 6.45. The second-order valence-electron chi connectivity index (χ2n) is 8.36. The van der Waals surface area contributed by atoms with Crippen LogP contribution in [0.25, 0.3) is 22.3 Å². The Labute approximate surface area is 209 Å². The minimum absolute atomic E-state index is 0.536. The first-order chi connectivity index (χ1) is 17.5. The monoisotopic (exact) mass is 474 g/mol. The van der Waals surface area contributed by atoms with Crippen molar-refractivity contribution in [3.63, 3.8) is 0 Å². The average Bonchev–Trinajstić information content (AvgIpc) is 2.88. The molecular formula is C30H26N4O2. The number of para-hydroxylation sites is 2. The molecule has 0 saturated carbocycles. The lowest BCUT2D eigenvalue weighted by Gasteiger charge is -2.15. The summed E-state index contributed by atoms with van der Waals surface area (Å²) >= 11 is 0. The third kappa shape index (κ3) is 4.74. The molecular weight excluding hydrogens is 448 g/mol. The second kappa shape index (κ2) is 9.64. The SMILES string of the molecule is Nc1ccc(-c2cccc(Oc3cccc(Oc4cccc(-c5ccc(N)cc5)c4N)c3)c2N)cc1. The first-order valence-electron chi connectivity index (χ1n) is 11.4.